The largest absolute Gasteiger partial charge is 0.441 e. The maximum Gasteiger partial charge on any atom is 0.410 e. The molecule has 3 rings (SSSR count). The summed E-state index contributed by atoms with van der Waals surface area (Å²) in [6, 6.07) is 0. The maximum atomic E-state index is 12.8. The summed E-state index contributed by atoms with van der Waals surface area (Å²) in [7, 11) is 2.09. The number of ether oxygens (including phenoxy) is 1. The second kappa shape index (κ2) is 8.15. The summed E-state index contributed by atoms with van der Waals surface area (Å²) in [6.45, 7) is 9.24. The van der Waals surface area contributed by atoms with E-state index >= 15 is 0 Å². The van der Waals surface area contributed by atoms with E-state index in [-0.39, 0.29) is 17.6 Å². The smallest absolute Gasteiger partial charge is 0.410 e. The van der Waals surface area contributed by atoms with Gasteiger partial charge in [0.15, 0.2) is 0 Å². The third-order valence-corrected chi connectivity index (χ3v) is 6.63. The van der Waals surface area contributed by atoms with Gasteiger partial charge in [0, 0.05) is 39.0 Å². The molecular formula is C20H35N3O3. The average molecular weight is 366 g/mol. The van der Waals surface area contributed by atoms with Crippen molar-refractivity contribution in [3.8, 4) is 0 Å². The zero-order chi connectivity index (χ0) is 18.7. The highest BCUT2D eigenvalue weighted by molar-refractivity contribution is 5.79. The van der Waals surface area contributed by atoms with E-state index in [1.165, 1.54) is 0 Å². The van der Waals surface area contributed by atoms with Gasteiger partial charge in [-0.15, -0.1) is 0 Å². The minimum atomic E-state index is -0.372. The quantitative estimate of drug-likeness (QED) is 0.751. The number of piperidine rings is 2. The number of hydrogen-bond acceptors (Lipinski definition) is 4. The number of amides is 2. The average Bonchev–Trinajstić information content (AvgIpc) is 2.94. The summed E-state index contributed by atoms with van der Waals surface area (Å²) < 4.78 is 5.82. The molecule has 0 aliphatic carbocycles. The summed E-state index contributed by atoms with van der Waals surface area (Å²) in [5.41, 5.74) is -0.372. The first-order chi connectivity index (χ1) is 12.5. The minimum Gasteiger partial charge on any atom is -0.441 e. The van der Waals surface area contributed by atoms with Crippen molar-refractivity contribution in [3.05, 3.63) is 0 Å². The van der Waals surface area contributed by atoms with E-state index in [1.54, 1.807) is 0 Å². The third-order valence-electron chi connectivity index (χ3n) is 6.63. The molecule has 3 heterocycles. The van der Waals surface area contributed by atoms with E-state index in [0.717, 1.165) is 58.2 Å². The number of nitrogens with zero attached hydrogens (tertiary/aromatic N) is 3. The van der Waals surface area contributed by atoms with Gasteiger partial charge in [-0.1, -0.05) is 26.7 Å². The lowest BCUT2D eigenvalue weighted by molar-refractivity contribution is -0.140. The summed E-state index contributed by atoms with van der Waals surface area (Å²) in [5.74, 6) is 0.979. The fourth-order valence-electron chi connectivity index (χ4n) is 4.71. The summed E-state index contributed by atoms with van der Waals surface area (Å²) in [6.07, 6.45) is 5.66. The standard InChI is InChI=1S/C20H35N3O3/c1-4-16(5-2)13-23-15-20(26-19(23)25)8-11-22(12-9-20)18(24)17-7-6-10-21(3)14-17/h16-17H,4-15H2,1-3H3/t17-/m1/s1. The molecule has 0 aromatic heterocycles. The highest BCUT2D eigenvalue weighted by Gasteiger charge is 2.48. The van der Waals surface area contributed by atoms with Gasteiger partial charge in [0.05, 0.1) is 12.5 Å². The van der Waals surface area contributed by atoms with Crippen molar-refractivity contribution >= 4 is 12.0 Å². The van der Waals surface area contributed by atoms with Gasteiger partial charge in [-0.05, 0) is 32.4 Å². The molecule has 1 spiro atoms. The third kappa shape index (κ3) is 4.16. The zero-order valence-corrected chi connectivity index (χ0v) is 16.7. The SMILES string of the molecule is CCC(CC)CN1CC2(CCN(C(=O)[C@@H]3CCCN(C)C3)CC2)OC1=O. The molecule has 0 aromatic rings. The van der Waals surface area contributed by atoms with Gasteiger partial charge in [-0.25, -0.2) is 4.79 Å². The Labute approximate surface area is 157 Å². The minimum absolute atomic E-state index is 0.139. The number of carbonyl (C=O) groups is 2. The Bertz CT molecular complexity index is 512. The Hall–Kier alpha value is -1.30. The van der Waals surface area contributed by atoms with Gasteiger partial charge in [0.1, 0.15) is 5.60 Å². The van der Waals surface area contributed by atoms with Crippen molar-refractivity contribution in [2.75, 3.05) is 46.3 Å². The normalized spacial score (nSPS) is 26.6. The lowest BCUT2D eigenvalue weighted by atomic mass is 9.89. The van der Waals surface area contributed by atoms with Crippen LogP contribution in [0.1, 0.15) is 52.4 Å². The van der Waals surface area contributed by atoms with Gasteiger partial charge < -0.3 is 19.4 Å². The summed E-state index contributed by atoms with van der Waals surface area (Å²) in [5, 5.41) is 0. The molecule has 1 atom stereocenters. The molecule has 0 bridgehead atoms. The predicted molar refractivity (Wildman–Crippen MR) is 101 cm³/mol. The van der Waals surface area contributed by atoms with E-state index < -0.39 is 0 Å². The molecule has 0 N–H and O–H groups in total. The highest BCUT2D eigenvalue weighted by atomic mass is 16.6. The zero-order valence-electron chi connectivity index (χ0n) is 16.7. The maximum absolute atomic E-state index is 12.8. The van der Waals surface area contributed by atoms with Crippen molar-refractivity contribution in [1.29, 1.82) is 0 Å². The number of carbonyl (C=O) groups excluding carboxylic acids is 2. The first kappa shape index (κ1) is 19.5. The molecule has 0 aromatic carbocycles. The number of likely N-dealkylation sites (tertiary alicyclic amines) is 2. The molecule has 0 unspecified atom stereocenters. The van der Waals surface area contributed by atoms with Crippen molar-refractivity contribution in [3.63, 3.8) is 0 Å². The Morgan fingerprint density at radius 1 is 1.23 bits per heavy atom. The van der Waals surface area contributed by atoms with E-state index in [1.807, 2.05) is 9.80 Å². The monoisotopic (exact) mass is 365 g/mol. The number of rotatable bonds is 5. The predicted octanol–water partition coefficient (Wildman–Crippen LogP) is 2.58. The molecule has 3 aliphatic rings. The van der Waals surface area contributed by atoms with Crippen LogP contribution in [0.5, 0.6) is 0 Å². The Morgan fingerprint density at radius 3 is 2.54 bits per heavy atom. The fraction of sp³-hybridized carbons (Fsp3) is 0.900. The van der Waals surface area contributed by atoms with Crippen molar-refractivity contribution in [2.45, 2.75) is 58.0 Å². The summed E-state index contributed by atoms with van der Waals surface area (Å²) in [4.78, 5) is 31.3. The van der Waals surface area contributed by atoms with Gasteiger partial charge in [0.25, 0.3) is 0 Å². The van der Waals surface area contributed by atoms with Crippen LogP contribution in [0.3, 0.4) is 0 Å². The highest BCUT2D eigenvalue weighted by Crippen LogP contribution is 2.34. The van der Waals surface area contributed by atoms with Crippen molar-refractivity contribution < 1.29 is 14.3 Å². The van der Waals surface area contributed by atoms with Crippen LogP contribution >= 0.6 is 0 Å². The molecule has 6 nitrogen and oxygen atoms in total. The molecule has 3 saturated heterocycles. The van der Waals surface area contributed by atoms with Crippen LogP contribution in [0.4, 0.5) is 4.79 Å². The molecule has 148 valence electrons. The van der Waals surface area contributed by atoms with Crippen LogP contribution in [0, 0.1) is 11.8 Å². The van der Waals surface area contributed by atoms with Gasteiger partial charge >= 0.3 is 6.09 Å². The van der Waals surface area contributed by atoms with Gasteiger partial charge in [0.2, 0.25) is 5.91 Å². The second-order valence-corrected chi connectivity index (χ2v) is 8.54. The Morgan fingerprint density at radius 2 is 1.92 bits per heavy atom. The van der Waals surface area contributed by atoms with Crippen molar-refractivity contribution in [1.82, 2.24) is 14.7 Å². The van der Waals surface area contributed by atoms with Crippen LogP contribution < -0.4 is 0 Å². The van der Waals surface area contributed by atoms with Gasteiger partial charge in [-0.3, -0.25) is 4.79 Å². The Balaban J connectivity index is 1.53. The van der Waals surface area contributed by atoms with Crippen LogP contribution in [0.2, 0.25) is 0 Å². The second-order valence-electron chi connectivity index (χ2n) is 8.54. The van der Waals surface area contributed by atoms with E-state index in [0.29, 0.717) is 31.5 Å². The molecule has 0 saturated carbocycles. The van der Waals surface area contributed by atoms with E-state index in [4.69, 9.17) is 4.74 Å². The molecule has 0 radical (unpaired) electrons. The summed E-state index contributed by atoms with van der Waals surface area (Å²) >= 11 is 0. The molecule has 26 heavy (non-hydrogen) atoms. The lowest BCUT2D eigenvalue weighted by Gasteiger charge is -2.40. The molecule has 3 aliphatic heterocycles. The van der Waals surface area contributed by atoms with Crippen LogP contribution in [0.25, 0.3) is 0 Å². The first-order valence-electron chi connectivity index (χ1n) is 10.4. The fourth-order valence-corrected chi connectivity index (χ4v) is 4.71. The van der Waals surface area contributed by atoms with Crippen LogP contribution in [-0.2, 0) is 9.53 Å². The van der Waals surface area contributed by atoms with Crippen LogP contribution in [-0.4, -0.2) is 78.6 Å². The van der Waals surface area contributed by atoms with Crippen molar-refractivity contribution in [2.24, 2.45) is 11.8 Å². The molecule has 6 heteroatoms. The molecular weight excluding hydrogens is 330 g/mol. The first-order valence-corrected chi connectivity index (χ1v) is 10.4. The van der Waals surface area contributed by atoms with E-state index in [2.05, 4.69) is 25.8 Å². The lowest BCUT2D eigenvalue weighted by Crippen LogP contribution is -2.51. The van der Waals surface area contributed by atoms with E-state index in [9.17, 15) is 9.59 Å². The number of hydrogen-bond donors (Lipinski definition) is 0. The topological polar surface area (TPSA) is 53.1 Å². The molecule has 2 amide bonds. The molecule has 3 fully saturated rings. The van der Waals surface area contributed by atoms with Crippen LogP contribution in [0.15, 0.2) is 0 Å². The Kier molecular flexibility index (Phi) is 6.10. The van der Waals surface area contributed by atoms with Gasteiger partial charge in [-0.2, -0.15) is 0 Å².